The number of hydrogen-bond acceptors (Lipinski definition) is 2. The van der Waals surface area contributed by atoms with Crippen molar-refractivity contribution in [2.24, 2.45) is 4.99 Å². The monoisotopic (exact) mass is 198 g/mol. The van der Waals surface area contributed by atoms with Crippen molar-refractivity contribution in [2.45, 2.75) is 64.1 Å². The van der Waals surface area contributed by atoms with E-state index >= 15 is 0 Å². The second kappa shape index (κ2) is 4.78. The van der Waals surface area contributed by atoms with Crippen molar-refractivity contribution in [1.82, 2.24) is 5.32 Å². The third-order valence-electron chi connectivity index (χ3n) is 2.45. The number of aliphatic hydroxyl groups is 1. The number of hydrogen-bond donors (Lipinski definition) is 2. The van der Waals surface area contributed by atoms with E-state index in [1.807, 2.05) is 6.34 Å². The van der Waals surface area contributed by atoms with Crippen molar-refractivity contribution in [3.63, 3.8) is 0 Å². The standard InChI is InChI=1S/C11H22N2O/c1-11(2,3)13-8-12-9-4-6-10(14)7-5-9/h8-10,14H,4-7H2,1-3H3,(H,12,13). The summed E-state index contributed by atoms with van der Waals surface area (Å²) >= 11 is 0. The van der Waals surface area contributed by atoms with Crippen LogP contribution in [0.2, 0.25) is 0 Å². The van der Waals surface area contributed by atoms with Crippen LogP contribution in [0.3, 0.4) is 0 Å². The van der Waals surface area contributed by atoms with Gasteiger partial charge in [-0.05, 0) is 46.5 Å². The van der Waals surface area contributed by atoms with E-state index < -0.39 is 0 Å². The molecule has 1 rings (SSSR count). The Hall–Kier alpha value is -0.570. The summed E-state index contributed by atoms with van der Waals surface area (Å²) in [7, 11) is 0. The fourth-order valence-electron chi connectivity index (χ4n) is 1.54. The Morgan fingerprint density at radius 2 is 1.79 bits per heavy atom. The van der Waals surface area contributed by atoms with Crippen LogP contribution < -0.4 is 5.32 Å². The van der Waals surface area contributed by atoms with E-state index in [0.29, 0.717) is 6.04 Å². The lowest BCUT2D eigenvalue weighted by molar-refractivity contribution is 0.123. The van der Waals surface area contributed by atoms with Crippen LogP contribution in [0.1, 0.15) is 46.5 Å². The van der Waals surface area contributed by atoms with Gasteiger partial charge in [0.25, 0.3) is 0 Å². The van der Waals surface area contributed by atoms with Gasteiger partial charge in [0, 0.05) is 5.54 Å². The molecule has 0 aromatic heterocycles. The lowest BCUT2D eigenvalue weighted by Crippen LogP contribution is -2.35. The van der Waals surface area contributed by atoms with E-state index in [4.69, 9.17) is 0 Å². The highest BCUT2D eigenvalue weighted by Crippen LogP contribution is 2.20. The molecule has 0 amide bonds. The Kier molecular flexibility index (Phi) is 3.93. The van der Waals surface area contributed by atoms with Crippen LogP contribution in [-0.4, -0.2) is 29.1 Å². The van der Waals surface area contributed by atoms with Crippen molar-refractivity contribution in [1.29, 1.82) is 0 Å². The van der Waals surface area contributed by atoms with Crippen LogP contribution in [0.15, 0.2) is 4.99 Å². The van der Waals surface area contributed by atoms with Gasteiger partial charge in [-0.3, -0.25) is 4.99 Å². The minimum absolute atomic E-state index is 0.0861. The predicted octanol–water partition coefficient (Wildman–Crippen LogP) is 1.71. The first-order valence-corrected chi connectivity index (χ1v) is 5.45. The summed E-state index contributed by atoms with van der Waals surface area (Å²) < 4.78 is 0. The first kappa shape index (κ1) is 11.5. The molecule has 1 fully saturated rings. The zero-order valence-corrected chi connectivity index (χ0v) is 9.45. The van der Waals surface area contributed by atoms with Gasteiger partial charge in [0.2, 0.25) is 0 Å². The third-order valence-corrected chi connectivity index (χ3v) is 2.45. The third kappa shape index (κ3) is 4.61. The van der Waals surface area contributed by atoms with E-state index in [1.165, 1.54) is 0 Å². The maximum Gasteiger partial charge on any atom is 0.0831 e. The number of nitrogens with zero attached hydrogens (tertiary/aromatic N) is 1. The SMILES string of the molecule is CC(C)(C)NC=NC1CCC(O)CC1. The summed E-state index contributed by atoms with van der Waals surface area (Å²) in [4.78, 5) is 4.46. The maximum absolute atomic E-state index is 9.31. The van der Waals surface area contributed by atoms with Crippen LogP contribution in [0.4, 0.5) is 0 Å². The summed E-state index contributed by atoms with van der Waals surface area (Å²) in [5, 5.41) is 12.5. The van der Waals surface area contributed by atoms with Crippen molar-refractivity contribution in [2.75, 3.05) is 0 Å². The molecule has 0 spiro atoms. The van der Waals surface area contributed by atoms with Gasteiger partial charge < -0.3 is 10.4 Å². The normalized spacial score (nSPS) is 29.4. The van der Waals surface area contributed by atoms with Gasteiger partial charge in [-0.25, -0.2) is 0 Å². The highest BCUT2D eigenvalue weighted by molar-refractivity contribution is 5.55. The van der Waals surface area contributed by atoms with Gasteiger partial charge in [-0.15, -0.1) is 0 Å². The predicted molar refractivity (Wildman–Crippen MR) is 59.6 cm³/mol. The number of rotatable bonds is 2. The smallest absolute Gasteiger partial charge is 0.0831 e. The Bertz CT molecular complexity index is 188. The maximum atomic E-state index is 9.31. The van der Waals surface area contributed by atoms with Gasteiger partial charge in [0.1, 0.15) is 0 Å². The Morgan fingerprint density at radius 1 is 1.21 bits per heavy atom. The van der Waals surface area contributed by atoms with Crippen LogP contribution >= 0.6 is 0 Å². The summed E-state index contributed by atoms with van der Waals surface area (Å²) in [6.07, 6.45) is 5.57. The molecule has 3 heteroatoms. The molecule has 1 saturated carbocycles. The van der Waals surface area contributed by atoms with E-state index in [-0.39, 0.29) is 11.6 Å². The van der Waals surface area contributed by atoms with E-state index in [9.17, 15) is 5.11 Å². The molecule has 2 N–H and O–H groups in total. The highest BCUT2D eigenvalue weighted by Gasteiger charge is 2.18. The molecular formula is C11H22N2O. The molecule has 0 aliphatic heterocycles. The first-order chi connectivity index (χ1) is 6.47. The van der Waals surface area contributed by atoms with Crippen LogP contribution in [0.25, 0.3) is 0 Å². The molecule has 1 aliphatic carbocycles. The summed E-state index contributed by atoms with van der Waals surface area (Å²) in [5.41, 5.74) is 0.0949. The van der Waals surface area contributed by atoms with Gasteiger partial charge >= 0.3 is 0 Å². The van der Waals surface area contributed by atoms with E-state index in [1.54, 1.807) is 0 Å². The highest BCUT2D eigenvalue weighted by atomic mass is 16.3. The van der Waals surface area contributed by atoms with Gasteiger partial charge in [-0.2, -0.15) is 0 Å². The molecular weight excluding hydrogens is 176 g/mol. The van der Waals surface area contributed by atoms with E-state index in [2.05, 4.69) is 31.1 Å². The van der Waals surface area contributed by atoms with Crippen LogP contribution in [0, 0.1) is 0 Å². The van der Waals surface area contributed by atoms with E-state index in [0.717, 1.165) is 25.7 Å². The Morgan fingerprint density at radius 3 is 2.29 bits per heavy atom. The number of aliphatic hydroxyl groups excluding tert-OH is 1. The first-order valence-electron chi connectivity index (χ1n) is 5.45. The zero-order valence-electron chi connectivity index (χ0n) is 9.45. The lowest BCUT2D eigenvalue weighted by atomic mass is 9.94. The van der Waals surface area contributed by atoms with Gasteiger partial charge in [0.15, 0.2) is 0 Å². The van der Waals surface area contributed by atoms with Crippen molar-refractivity contribution < 1.29 is 5.11 Å². The van der Waals surface area contributed by atoms with Gasteiger partial charge in [-0.1, -0.05) is 0 Å². The Labute approximate surface area is 86.6 Å². The topological polar surface area (TPSA) is 44.6 Å². The molecule has 3 nitrogen and oxygen atoms in total. The van der Waals surface area contributed by atoms with Crippen LogP contribution in [0.5, 0.6) is 0 Å². The molecule has 0 bridgehead atoms. The molecule has 0 saturated heterocycles. The summed E-state index contributed by atoms with van der Waals surface area (Å²) in [6, 6.07) is 0.410. The summed E-state index contributed by atoms with van der Waals surface area (Å²) in [5.74, 6) is 0. The van der Waals surface area contributed by atoms with Crippen molar-refractivity contribution in [3.05, 3.63) is 0 Å². The quantitative estimate of drug-likeness (QED) is 0.524. The van der Waals surface area contributed by atoms with Crippen molar-refractivity contribution >= 4 is 6.34 Å². The zero-order chi connectivity index (χ0) is 10.6. The fraction of sp³-hybridized carbons (Fsp3) is 0.909. The molecule has 1 aliphatic rings. The molecule has 82 valence electrons. The van der Waals surface area contributed by atoms with Crippen molar-refractivity contribution in [3.8, 4) is 0 Å². The number of nitrogens with one attached hydrogen (secondary N) is 1. The minimum atomic E-state index is -0.0861. The van der Waals surface area contributed by atoms with Gasteiger partial charge in [0.05, 0.1) is 18.5 Å². The molecule has 0 aromatic rings. The minimum Gasteiger partial charge on any atom is -0.393 e. The largest absolute Gasteiger partial charge is 0.393 e. The Balaban J connectivity index is 2.24. The second-order valence-corrected chi connectivity index (χ2v) is 5.13. The molecule has 0 heterocycles. The molecule has 0 radical (unpaired) electrons. The molecule has 0 atom stereocenters. The second-order valence-electron chi connectivity index (χ2n) is 5.13. The van der Waals surface area contributed by atoms with Crippen LogP contribution in [-0.2, 0) is 0 Å². The molecule has 14 heavy (non-hydrogen) atoms. The fourth-order valence-corrected chi connectivity index (χ4v) is 1.54. The average molecular weight is 198 g/mol. The average Bonchev–Trinajstić information content (AvgIpc) is 2.06. The summed E-state index contributed by atoms with van der Waals surface area (Å²) in [6.45, 7) is 6.34. The lowest BCUT2D eigenvalue weighted by Gasteiger charge is -2.23. The molecule has 0 unspecified atom stereocenters. The molecule has 0 aromatic carbocycles. The number of aliphatic imine (C=N–C) groups is 1.